The van der Waals surface area contributed by atoms with Crippen LogP contribution in [0.25, 0.3) is 0 Å². The Morgan fingerprint density at radius 1 is 1.42 bits per heavy atom. The second kappa shape index (κ2) is 6.49. The molecule has 1 aromatic heterocycles. The summed E-state index contributed by atoms with van der Waals surface area (Å²) in [5, 5.41) is 3.42. The molecular weight excluding hydrogens is 236 g/mol. The molecule has 0 aliphatic carbocycles. The number of rotatable bonds is 5. The molecule has 1 aromatic rings. The molecule has 1 saturated heterocycles. The van der Waals surface area contributed by atoms with Gasteiger partial charge < -0.3 is 10.1 Å². The van der Waals surface area contributed by atoms with Crippen LogP contribution < -0.4 is 5.32 Å². The third-order valence-corrected chi connectivity index (χ3v) is 4.29. The summed E-state index contributed by atoms with van der Waals surface area (Å²) in [6.45, 7) is 5.27. The van der Waals surface area contributed by atoms with E-state index in [9.17, 15) is 0 Å². The van der Waals surface area contributed by atoms with E-state index in [0.29, 0.717) is 6.04 Å². The highest BCUT2D eigenvalue weighted by molar-refractivity contribution is 5.15. The molecule has 2 heterocycles. The van der Waals surface area contributed by atoms with E-state index < -0.39 is 0 Å². The van der Waals surface area contributed by atoms with Gasteiger partial charge in [0.1, 0.15) is 0 Å². The molecule has 19 heavy (non-hydrogen) atoms. The van der Waals surface area contributed by atoms with Gasteiger partial charge in [-0.05, 0) is 51.3 Å². The van der Waals surface area contributed by atoms with Crippen molar-refractivity contribution < 1.29 is 4.74 Å². The van der Waals surface area contributed by atoms with Gasteiger partial charge >= 0.3 is 0 Å². The zero-order valence-electron chi connectivity index (χ0n) is 12.4. The summed E-state index contributed by atoms with van der Waals surface area (Å²) >= 11 is 0. The van der Waals surface area contributed by atoms with Gasteiger partial charge in [0.25, 0.3) is 0 Å². The smallest absolute Gasteiger partial charge is 0.0810 e. The Kier molecular flexibility index (Phi) is 4.94. The minimum atomic E-state index is -0.0574. The molecule has 2 atom stereocenters. The van der Waals surface area contributed by atoms with E-state index in [4.69, 9.17) is 4.74 Å². The number of nitrogens with zero attached hydrogens (tertiary/aromatic N) is 1. The summed E-state index contributed by atoms with van der Waals surface area (Å²) in [6.07, 6.45) is 7.55. The Hall–Kier alpha value is -0.930. The summed E-state index contributed by atoms with van der Waals surface area (Å²) in [6, 6.07) is 4.65. The first-order valence-electron chi connectivity index (χ1n) is 7.43. The normalized spacial score (nSPS) is 25.2. The monoisotopic (exact) mass is 262 g/mol. The predicted molar refractivity (Wildman–Crippen MR) is 78.4 cm³/mol. The lowest BCUT2D eigenvalue weighted by Gasteiger charge is -2.40. The summed E-state index contributed by atoms with van der Waals surface area (Å²) in [7, 11) is 2.02. The van der Waals surface area contributed by atoms with E-state index in [0.717, 1.165) is 31.6 Å². The predicted octanol–water partition coefficient (Wildman–Crippen LogP) is 2.73. The van der Waals surface area contributed by atoms with Gasteiger partial charge in [-0.2, -0.15) is 0 Å². The van der Waals surface area contributed by atoms with Crippen molar-refractivity contribution in [3.05, 3.63) is 29.6 Å². The number of nitrogens with one attached hydrogen (secondary N) is 1. The van der Waals surface area contributed by atoms with Crippen LogP contribution in [-0.2, 0) is 17.6 Å². The molecule has 0 saturated carbocycles. The topological polar surface area (TPSA) is 34.1 Å². The molecule has 0 spiro atoms. The largest absolute Gasteiger partial charge is 0.374 e. The van der Waals surface area contributed by atoms with Crippen molar-refractivity contribution in [2.24, 2.45) is 0 Å². The maximum atomic E-state index is 6.05. The molecule has 2 unspecified atom stereocenters. The molecule has 0 bridgehead atoms. The van der Waals surface area contributed by atoms with E-state index in [1.54, 1.807) is 0 Å². The Morgan fingerprint density at radius 3 is 2.79 bits per heavy atom. The van der Waals surface area contributed by atoms with E-state index in [-0.39, 0.29) is 5.60 Å². The molecule has 3 heteroatoms. The van der Waals surface area contributed by atoms with Crippen LogP contribution >= 0.6 is 0 Å². The Labute approximate surface area is 116 Å². The minimum Gasteiger partial charge on any atom is -0.374 e. The number of aromatic nitrogens is 1. The van der Waals surface area contributed by atoms with E-state index in [1.807, 2.05) is 13.2 Å². The zero-order chi connectivity index (χ0) is 13.7. The van der Waals surface area contributed by atoms with Crippen LogP contribution in [-0.4, -0.2) is 30.3 Å². The minimum absolute atomic E-state index is 0.0574. The summed E-state index contributed by atoms with van der Waals surface area (Å²) in [5.74, 6) is 0. The van der Waals surface area contributed by atoms with Gasteiger partial charge in [0.2, 0.25) is 0 Å². The van der Waals surface area contributed by atoms with Crippen LogP contribution in [0.15, 0.2) is 18.3 Å². The van der Waals surface area contributed by atoms with Crippen molar-refractivity contribution in [3.63, 3.8) is 0 Å². The molecule has 1 aliphatic heterocycles. The van der Waals surface area contributed by atoms with Crippen molar-refractivity contribution in [1.29, 1.82) is 0 Å². The molecule has 1 N–H and O–H groups in total. The molecule has 0 aromatic carbocycles. The fourth-order valence-corrected chi connectivity index (χ4v) is 2.85. The fraction of sp³-hybridized carbons (Fsp3) is 0.688. The molecule has 0 radical (unpaired) electrons. The summed E-state index contributed by atoms with van der Waals surface area (Å²) in [5.41, 5.74) is 2.38. The first-order valence-corrected chi connectivity index (χ1v) is 7.43. The third-order valence-electron chi connectivity index (χ3n) is 4.29. The van der Waals surface area contributed by atoms with Crippen molar-refractivity contribution >= 4 is 0 Å². The highest BCUT2D eigenvalue weighted by atomic mass is 16.5. The van der Waals surface area contributed by atoms with Gasteiger partial charge in [0, 0.05) is 31.0 Å². The molecule has 3 nitrogen and oxygen atoms in total. The average Bonchev–Trinajstić information content (AvgIpc) is 2.46. The molecule has 2 rings (SSSR count). The van der Waals surface area contributed by atoms with Crippen molar-refractivity contribution in [2.45, 2.75) is 57.6 Å². The molecular formula is C16H26N2O. The van der Waals surface area contributed by atoms with Crippen LogP contribution in [0.5, 0.6) is 0 Å². The first kappa shape index (κ1) is 14.5. The van der Waals surface area contributed by atoms with Crippen molar-refractivity contribution in [3.8, 4) is 0 Å². The highest BCUT2D eigenvalue weighted by Crippen LogP contribution is 2.29. The second-order valence-electron chi connectivity index (χ2n) is 5.67. The molecule has 106 valence electrons. The fourth-order valence-electron chi connectivity index (χ4n) is 2.85. The van der Waals surface area contributed by atoms with Gasteiger partial charge in [-0.15, -0.1) is 0 Å². The molecule has 0 amide bonds. The van der Waals surface area contributed by atoms with E-state index >= 15 is 0 Å². The maximum Gasteiger partial charge on any atom is 0.0810 e. The SMILES string of the molecule is CCc1ccc(CC(NC)C2(C)CCCCO2)nc1. The van der Waals surface area contributed by atoms with Gasteiger partial charge in [0.05, 0.1) is 5.60 Å². The van der Waals surface area contributed by atoms with Crippen LogP contribution in [0, 0.1) is 0 Å². The number of ether oxygens (including phenoxy) is 1. The number of aryl methyl sites for hydroxylation is 1. The zero-order valence-corrected chi connectivity index (χ0v) is 12.4. The number of pyridine rings is 1. The lowest BCUT2D eigenvalue weighted by molar-refractivity contribution is -0.0872. The van der Waals surface area contributed by atoms with Crippen LogP contribution in [0.2, 0.25) is 0 Å². The lowest BCUT2D eigenvalue weighted by Crippen LogP contribution is -2.52. The maximum absolute atomic E-state index is 6.05. The highest BCUT2D eigenvalue weighted by Gasteiger charge is 2.36. The summed E-state index contributed by atoms with van der Waals surface area (Å²) in [4.78, 5) is 4.57. The van der Waals surface area contributed by atoms with Gasteiger partial charge in [-0.3, -0.25) is 4.98 Å². The first-order chi connectivity index (χ1) is 9.18. The Morgan fingerprint density at radius 2 is 2.26 bits per heavy atom. The van der Waals surface area contributed by atoms with Crippen molar-refractivity contribution in [2.75, 3.05) is 13.7 Å². The number of likely N-dealkylation sites (N-methyl/N-ethyl adjacent to an activating group) is 1. The average molecular weight is 262 g/mol. The number of hydrogen-bond acceptors (Lipinski definition) is 3. The molecule has 1 fully saturated rings. The third kappa shape index (κ3) is 3.54. The quantitative estimate of drug-likeness (QED) is 0.886. The standard InChI is InChI=1S/C16H26N2O/c1-4-13-7-8-14(18-12-13)11-15(17-3)16(2)9-5-6-10-19-16/h7-8,12,15,17H,4-6,9-11H2,1-3H3. The lowest BCUT2D eigenvalue weighted by atomic mass is 9.85. The van der Waals surface area contributed by atoms with Crippen molar-refractivity contribution in [1.82, 2.24) is 10.3 Å². The second-order valence-corrected chi connectivity index (χ2v) is 5.67. The van der Waals surface area contributed by atoms with Crippen LogP contribution in [0.4, 0.5) is 0 Å². The summed E-state index contributed by atoms with van der Waals surface area (Å²) < 4.78 is 6.05. The molecule has 1 aliphatic rings. The Bertz CT molecular complexity index is 382. The van der Waals surface area contributed by atoms with Crippen LogP contribution in [0.3, 0.4) is 0 Å². The van der Waals surface area contributed by atoms with Gasteiger partial charge in [-0.1, -0.05) is 13.0 Å². The van der Waals surface area contributed by atoms with Gasteiger partial charge in [-0.25, -0.2) is 0 Å². The van der Waals surface area contributed by atoms with Crippen LogP contribution in [0.1, 0.15) is 44.4 Å². The number of hydrogen-bond donors (Lipinski definition) is 1. The van der Waals surface area contributed by atoms with E-state index in [2.05, 4.69) is 36.3 Å². The van der Waals surface area contributed by atoms with E-state index in [1.165, 1.54) is 18.4 Å². The van der Waals surface area contributed by atoms with Gasteiger partial charge in [0.15, 0.2) is 0 Å². The Balaban J connectivity index is 2.04.